The van der Waals surface area contributed by atoms with Crippen molar-refractivity contribution in [2.24, 2.45) is 0 Å². The number of amides is 1. The second kappa shape index (κ2) is 7.95. The molecule has 7 nitrogen and oxygen atoms in total. The first kappa shape index (κ1) is 18.2. The van der Waals surface area contributed by atoms with Crippen LogP contribution < -0.4 is 10.1 Å². The third kappa shape index (κ3) is 3.86. The quantitative estimate of drug-likeness (QED) is 0.673. The third-order valence-electron chi connectivity index (χ3n) is 3.74. The molecule has 1 amide bonds. The molecule has 0 spiro atoms. The number of nitro groups is 1. The molecule has 1 aliphatic heterocycles. The summed E-state index contributed by atoms with van der Waals surface area (Å²) in [5.74, 6) is -0.0241. The Balaban J connectivity index is 0.00000242. The number of ether oxygens (including phenoxy) is 1. The molecule has 0 radical (unpaired) electrons. The molecule has 22 heavy (non-hydrogen) atoms. The van der Waals surface area contributed by atoms with Gasteiger partial charge in [-0.1, -0.05) is 0 Å². The van der Waals surface area contributed by atoms with Gasteiger partial charge >= 0.3 is 5.69 Å². The Bertz CT molecular complexity index is 553. The number of nitrogens with one attached hydrogen (secondary N) is 1. The van der Waals surface area contributed by atoms with E-state index in [9.17, 15) is 14.9 Å². The Labute approximate surface area is 135 Å². The van der Waals surface area contributed by atoms with Gasteiger partial charge in [-0.15, -0.1) is 12.4 Å². The number of nitrogens with zero attached hydrogens (tertiary/aromatic N) is 2. The maximum Gasteiger partial charge on any atom is 0.311 e. The molecule has 8 heteroatoms. The number of likely N-dealkylation sites (N-methyl/N-ethyl adjacent to an activating group) is 1. The first-order chi connectivity index (χ1) is 10.1. The van der Waals surface area contributed by atoms with Gasteiger partial charge in [0.1, 0.15) is 0 Å². The van der Waals surface area contributed by atoms with Crippen LogP contribution in [0.3, 0.4) is 0 Å². The predicted molar refractivity (Wildman–Crippen MR) is 84.9 cm³/mol. The minimum Gasteiger partial charge on any atom is -0.490 e. The average Bonchev–Trinajstić information content (AvgIpc) is 2.53. The highest BCUT2D eigenvalue weighted by atomic mass is 35.5. The second-order valence-electron chi connectivity index (χ2n) is 5.02. The number of methoxy groups -OCH3 is 1. The van der Waals surface area contributed by atoms with Crippen molar-refractivity contribution in [1.82, 2.24) is 10.2 Å². The Morgan fingerprint density at radius 2 is 2.23 bits per heavy atom. The van der Waals surface area contributed by atoms with Crippen LogP contribution >= 0.6 is 12.4 Å². The highest BCUT2D eigenvalue weighted by molar-refractivity contribution is 5.95. The lowest BCUT2D eigenvalue weighted by atomic mass is 10.0. The first-order valence-corrected chi connectivity index (χ1v) is 6.85. The molecule has 1 heterocycles. The van der Waals surface area contributed by atoms with Crippen molar-refractivity contribution in [2.45, 2.75) is 18.9 Å². The number of carbonyl (C=O) groups excluding carboxylic acids is 1. The van der Waals surface area contributed by atoms with Gasteiger partial charge in [-0.2, -0.15) is 0 Å². The predicted octanol–water partition coefficient (Wildman–Crippen LogP) is 1.85. The van der Waals surface area contributed by atoms with Crippen LogP contribution in [0.25, 0.3) is 0 Å². The molecule has 1 fully saturated rings. The lowest BCUT2D eigenvalue weighted by Gasteiger charge is -2.32. The van der Waals surface area contributed by atoms with E-state index in [1.807, 2.05) is 7.05 Å². The van der Waals surface area contributed by atoms with Gasteiger partial charge in [0.05, 0.1) is 12.0 Å². The van der Waals surface area contributed by atoms with Crippen molar-refractivity contribution in [3.63, 3.8) is 0 Å². The molecule has 0 bridgehead atoms. The molecule has 2 rings (SSSR count). The van der Waals surface area contributed by atoms with Gasteiger partial charge in [0.2, 0.25) is 0 Å². The van der Waals surface area contributed by atoms with E-state index < -0.39 is 4.92 Å². The lowest BCUT2D eigenvalue weighted by Crippen LogP contribution is -2.46. The Morgan fingerprint density at radius 3 is 2.82 bits per heavy atom. The van der Waals surface area contributed by atoms with E-state index in [2.05, 4.69) is 5.32 Å². The highest BCUT2D eigenvalue weighted by Crippen LogP contribution is 2.28. The maximum absolute atomic E-state index is 12.5. The fourth-order valence-electron chi connectivity index (χ4n) is 2.55. The molecule has 1 atom stereocenters. The molecule has 122 valence electrons. The van der Waals surface area contributed by atoms with Gasteiger partial charge in [0.25, 0.3) is 5.91 Å². The number of hydrogen-bond acceptors (Lipinski definition) is 5. The van der Waals surface area contributed by atoms with Crippen LogP contribution in [0.2, 0.25) is 0 Å². The topological polar surface area (TPSA) is 84.7 Å². The minimum atomic E-state index is -0.539. The molecule has 0 aliphatic carbocycles. The number of benzene rings is 1. The molecule has 1 aromatic carbocycles. The summed E-state index contributed by atoms with van der Waals surface area (Å²) in [5, 5.41) is 14.2. The number of carbonyl (C=O) groups is 1. The molecule has 1 unspecified atom stereocenters. The van der Waals surface area contributed by atoms with E-state index in [1.54, 1.807) is 11.0 Å². The third-order valence-corrected chi connectivity index (χ3v) is 3.74. The van der Waals surface area contributed by atoms with E-state index >= 15 is 0 Å². The SMILES string of the molecule is CNC1CCCN(C(=O)c2ccc(OC)c([N+](=O)[O-])c2)C1.Cl. The van der Waals surface area contributed by atoms with Crippen LogP contribution in [-0.4, -0.2) is 49.0 Å². The lowest BCUT2D eigenvalue weighted by molar-refractivity contribution is -0.385. The minimum absolute atomic E-state index is 0. The molecule has 1 saturated heterocycles. The molecule has 1 N–H and O–H groups in total. The number of rotatable bonds is 4. The molecule has 1 aliphatic rings. The van der Waals surface area contributed by atoms with Crippen LogP contribution in [0.4, 0.5) is 5.69 Å². The normalized spacial score (nSPS) is 17.5. The molecular formula is C14H20ClN3O4. The Morgan fingerprint density at radius 1 is 1.50 bits per heavy atom. The van der Waals surface area contributed by atoms with E-state index in [0.29, 0.717) is 18.7 Å². The number of halogens is 1. The number of hydrogen-bond donors (Lipinski definition) is 1. The van der Waals surface area contributed by atoms with E-state index in [4.69, 9.17) is 4.74 Å². The monoisotopic (exact) mass is 329 g/mol. The summed E-state index contributed by atoms with van der Waals surface area (Å²) in [7, 11) is 3.24. The Hall–Kier alpha value is -1.86. The van der Waals surface area contributed by atoms with Crippen molar-refractivity contribution in [1.29, 1.82) is 0 Å². The largest absolute Gasteiger partial charge is 0.490 e. The summed E-state index contributed by atoms with van der Waals surface area (Å²) < 4.78 is 4.94. The van der Waals surface area contributed by atoms with Gasteiger partial charge in [-0.25, -0.2) is 0 Å². The fourth-order valence-corrected chi connectivity index (χ4v) is 2.55. The summed E-state index contributed by atoms with van der Waals surface area (Å²) in [5.41, 5.74) is 0.129. The van der Waals surface area contributed by atoms with Crippen LogP contribution in [0, 0.1) is 10.1 Å². The van der Waals surface area contributed by atoms with E-state index in [0.717, 1.165) is 12.8 Å². The molecule has 0 saturated carbocycles. The van der Waals surface area contributed by atoms with E-state index in [1.165, 1.54) is 19.2 Å². The van der Waals surface area contributed by atoms with Crippen molar-refractivity contribution in [3.05, 3.63) is 33.9 Å². The summed E-state index contributed by atoms with van der Waals surface area (Å²) in [6.07, 6.45) is 1.96. The zero-order chi connectivity index (χ0) is 15.4. The van der Waals surface area contributed by atoms with Crippen LogP contribution in [-0.2, 0) is 0 Å². The standard InChI is InChI=1S/C14H19N3O4.ClH/c1-15-11-4-3-7-16(9-11)14(18)10-5-6-13(21-2)12(8-10)17(19)20;/h5-6,8,11,15H,3-4,7,9H2,1-2H3;1H. The zero-order valence-electron chi connectivity index (χ0n) is 12.6. The fraction of sp³-hybridized carbons (Fsp3) is 0.500. The van der Waals surface area contributed by atoms with Crippen molar-refractivity contribution in [3.8, 4) is 5.75 Å². The van der Waals surface area contributed by atoms with E-state index in [-0.39, 0.29) is 35.8 Å². The maximum atomic E-state index is 12.5. The van der Waals surface area contributed by atoms with Gasteiger partial charge in [0, 0.05) is 30.8 Å². The molecular weight excluding hydrogens is 310 g/mol. The Kier molecular flexibility index (Phi) is 6.58. The first-order valence-electron chi connectivity index (χ1n) is 6.85. The number of nitro benzene ring substituents is 1. The van der Waals surface area contributed by atoms with Gasteiger partial charge in [0.15, 0.2) is 5.75 Å². The van der Waals surface area contributed by atoms with Crippen molar-refractivity contribution >= 4 is 24.0 Å². The number of piperidine rings is 1. The summed E-state index contributed by atoms with van der Waals surface area (Å²) in [4.78, 5) is 24.7. The van der Waals surface area contributed by atoms with Crippen molar-refractivity contribution in [2.75, 3.05) is 27.2 Å². The van der Waals surface area contributed by atoms with Gasteiger partial charge < -0.3 is 15.0 Å². The molecule has 1 aromatic rings. The summed E-state index contributed by atoms with van der Waals surface area (Å²) in [6.45, 7) is 1.30. The average molecular weight is 330 g/mol. The second-order valence-corrected chi connectivity index (χ2v) is 5.02. The highest BCUT2D eigenvalue weighted by Gasteiger charge is 2.25. The van der Waals surface area contributed by atoms with Crippen LogP contribution in [0.1, 0.15) is 23.2 Å². The van der Waals surface area contributed by atoms with Gasteiger partial charge in [-0.05, 0) is 32.0 Å². The summed E-state index contributed by atoms with van der Waals surface area (Å²) >= 11 is 0. The van der Waals surface area contributed by atoms with Crippen molar-refractivity contribution < 1.29 is 14.5 Å². The number of likely N-dealkylation sites (tertiary alicyclic amines) is 1. The zero-order valence-corrected chi connectivity index (χ0v) is 13.4. The van der Waals surface area contributed by atoms with Crippen LogP contribution in [0.15, 0.2) is 18.2 Å². The van der Waals surface area contributed by atoms with Gasteiger partial charge in [-0.3, -0.25) is 14.9 Å². The van der Waals surface area contributed by atoms with Crippen LogP contribution in [0.5, 0.6) is 5.75 Å². The molecule has 0 aromatic heterocycles. The summed E-state index contributed by atoms with van der Waals surface area (Å²) in [6, 6.07) is 4.59. The smallest absolute Gasteiger partial charge is 0.311 e.